The quantitative estimate of drug-likeness (QED) is 0.857. The van der Waals surface area contributed by atoms with E-state index < -0.39 is 0 Å². The molecule has 1 atom stereocenters. The first-order valence-electron chi connectivity index (χ1n) is 6.93. The van der Waals surface area contributed by atoms with E-state index in [0.29, 0.717) is 18.7 Å². The minimum Gasteiger partial charge on any atom is -0.304 e. The molecule has 114 valence electrons. The van der Waals surface area contributed by atoms with E-state index in [1.807, 2.05) is 12.3 Å². The molecule has 0 aliphatic carbocycles. The number of thiophene rings is 1. The molecule has 3 heterocycles. The first-order valence-corrected chi connectivity index (χ1v) is 8.60. The van der Waals surface area contributed by atoms with E-state index in [0.717, 1.165) is 20.5 Å². The van der Waals surface area contributed by atoms with Gasteiger partial charge < -0.3 is 4.90 Å². The van der Waals surface area contributed by atoms with Crippen LogP contribution in [0.4, 0.5) is 0 Å². The second-order valence-corrected chi connectivity index (χ2v) is 7.73. The molecule has 1 aliphatic heterocycles. The van der Waals surface area contributed by atoms with Crippen molar-refractivity contribution in [1.82, 2.24) is 9.88 Å². The molecule has 0 aromatic carbocycles. The van der Waals surface area contributed by atoms with Gasteiger partial charge in [-0.15, -0.1) is 11.3 Å². The van der Waals surface area contributed by atoms with Crippen molar-refractivity contribution in [3.63, 3.8) is 0 Å². The average molecular weight is 378 g/mol. The van der Waals surface area contributed by atoms with Gasteiger partial charge in [0.2, 0.25) is 5.91 Å². The van der Waals surface area contributed by atoms with Gasteiger partial charge in [0.25, 0.3) is 0 Å². The number of hydrogen-bond donors (Lipinski definition) is 1. The highest BCUT2D eigenvalue weighted by Gasteiger charge is 2.39. The molecule has 0 unspecified atom stereocenters. The van der Waals surface area contributed by atoms with Crippen LogP contribution in [0, 0.1) is 5.41 Å². The van der Waals surface area contributed by atoms with Gasteiger partial charge in [0.15, 0.2) is 0 Å². The number of halogens is 1. The smallest absolute Gasteiger partial charge is 0.228 e. The van der Waals surface area contributed by atoms with Crippen molar-refractivity contribution in [2.24, 2.45) is 0 Å². The number of nitrogens with one attached hydrogen (secondary N) is 1. The molecule has 2 aromatic rings. The van der Waals surface area contributed by atoms with Crippen molar-refractivity contribution in [1.29, 1.82) is 5.41 Å². The van der Waals surface area contributed by atoms with E-state index in [9.17, 15) is 4.79 Å². The Labute approximate surface area is 141 Å². The monoisotopic (exact) mass is 377 g/mol. The van der Waals surface area contributed by atoms with Crippen molar-refractivity contribution in [2.75, 3.05) is 7.05 Å². The summed E-state index contributed by atoms with van der Waals surface area (Å²) in [5.74, 6) is 0.399. The minimum absolute atomic E-state index is 0.0119. The molecule has 1 fully saturated rings. The summed E-state index contributed by atoms with van der Waals surface area (Å²) in [4.78, 5) is 18.9. The third-order valence-corrected chi connectivity index (χ3v) is 5.78. The lowest BCUT2D eigenvalue weighted by Crippen LogP contribution is -2.46. The molecule has 6 heteroatoms. The van der Waals surface area contributed by atoms with Gasteiger partial charge in [-0.25, -0.2) is 0 Å². The van der Waals surface area contributed by atoms with Crippen LogP contribution >= 0.6 is 27.3 Å². The van der Waals surface area contributed by atoms with Crippen LogP contribution in [0.25, 0.3) is 11.1 Å². The maximum atomic E-state index is 12.1. The van der Waals surface area contributed by atoms with E-state index >= 15 is 0 Å². The third kappa shape index (κ3) is 2.73. The molecule has 3 rings (SSSR count). The predicted molar refractivity (Wildman–Crippen MR) is 92.3 cm³/mol. The van der Waals surface area contributed by atoms with Crippen LogP contribution in [-0.4, -0.2) is 28.7 Å². The van der Waals surface area contributed by atoms with Gasteiger partial charge in [0.05, 0.1) is 0 Å². The largest absolute Gasteiger partial charge is 0.304 e. The Balaban J connectivity index is 1.93. The topological polar surface area (TPSA) is 57.1 Å². The summed E-state index contributed by atoms with van der Waals surface area (Å²) >= 11 is 5.09. The number of amidine groups is 1. The molecule has 4 nitrogen and oxygen atoms in total. The molecule has 2 aromatic heterocycles. The fourth-order valence-corrected chi connectivity index (χ4v) is 4.15. The molecular formula is C16H16BrN3OS. The van der Waals surface area contributed by atoms with Crippen molar-refractivity contribution in [3.05, 3.63) is 39.3 Å². The maximum Gasteiger partial charge on any atom is 0.228 e. The standard InChI is InChI=1S/C16H16BrN3OS/c1-16(5-14(18)20(2)15(21)6-16)13-4-11(9-22-13)10-3-12(17)8-19-7-10/h3-4,7-9,18H,5-6H2,1-2H3/t16-/m0/s1. The van der Waals surface area contributed by atoms with Crippen molar-refractivity contribution in [3.8, 4) is 11.1 Å². The lowest BCUT2D eigenvalue weighted by molar-refractivity contribution is -0.128. The fourth-order valence-electron chi connectivity index (χ4n) is 2.70. The van der Waals surface area contributed by atoms with E-state index in [4.69, 9.17) is 5.41 Å². The zero-order valence-electron chi connectivity index (χ0n) is 12.4. The van der Waals surface area contributed by atoms with Crippen LogP contribution in [0.2, 0.25) is 0 Å². The summed E-state index contributed by atoms with van der Waals surface area (Å²) in [6.07, 6.45) is 4.63. The second kappa shape index (κ2) is 5.59. The summed E-state index contributed by atoms with van der Waals surface area (Å²) in [7, 11) is 1.68. The first-order chi connectivity index (χ1) is 10.4. The highest BCUT2D eigenvalue weighted by Crippen LogP contribution is 2.41. The van der Waals surface area contributed by atoms with E-state index in [1.54, 1.807) is 24.6 Å². The van der Waals surface area contributed by atoms with E-state index in [-0.39, 0.29) is 11.3 Å². The van der Waals surface area contributed by atoms with E-state index in [1.165, 1.54) is 4.90 Å². The van der Waals surface area contributed by atoms with Gasteiger partial charge in [-0.2, -0.15) is 0 Å². The van der Waals surface area contributed by atoms with Crippen LogP contribution in [-0.2, 0) is 10.2 Å². The lowest BCUT2D eigenvalue weighted by atomic mass is 9.78. The van der Waals surface area contributed by atoms with Crippen LogP contribution in [0.1, 0.15) is 24.6 Å². The summed E-state index contributed by atoms with van der Waals surface area (Å²) in [5.41, 5.74) is 1.87. The zero-order valence-corrected chi connectivity index (χ0v) is 14.8. The number of amides is 1. The molecule has 1 amide bonds. The molecule has 0 bridgehead atoms. The van der Waals surface area contributed by atoms with Crippen molar-refractivity contribution in [2.45, 2.75) is 25.2 Å². The number of aromatic nitrogens is 1. The number of carbonyl (C=O) groups is 1. The molecule has 1 aliphatic rings. The number of piperidine rings is 1. The van der Waals surface area contributed by atoms with Gasteiger partial charge in [-0.05, 0) is 39.0 Å². The van der Waals surface area contributed by atoms with Gasteiger partial charge in [-0.3, -0.25) is 15.2 Å². The Morgan fingerprint density at radius 1 is 1.32 bits per heavy atom. The number of likely N-dealkylation sites (tertiary alicyclic amines) is 1. The molecule has 0 radical (unpaired) electrons. The lowest BCUT2D eigenvalue weighted by Gasteiger charge is -2.36. The highest BCUT2D eigenvalue weighted by molar-refractivity contribution is 9.10. The molecular weight excluding hydrogens is 362 g/mol. The van der Waals surface area contributed by atoms with Crippen LogP contribution < -0.4 is 0 Å². The van der Waals surface area contributed by atoms with Crippen LogP contribution in [0.15, 0.2) is 34.4 Å². The predicted octanol–water partition coefficient (Wildman–Crippen LogP) is 4.06. The summed E-state index contributed by atoms with van der Waals surface area (Å²) in [6, 6.07) is 4.16. The molecule has 22 heavy (non-hydrogen) atoms. The van der Waals surface area contributed by atoms with Gasteiger partial charge in [0.1, 0.15) is 5.84 Å². The Bertz CT molecular complexity index is 737. The fraction of sp³-hybridized carbons (Fsp3) is 0.312. The molecule has 1 saturated heterocycles. The number of pyridine rings is 1. The normalized spacial score (nSPS) is 22.2. The molecule has 0 saturated carbocycles. The average Bonchev–Trinajstić information content (AvgIpc) is 2.95. The van der Waals surface area contributed by atoms with Crippen molar-refractivity contribution < 1.29 is 4.79 Å². The number of carbonyl (C=O) groups excluding carboxylic acids is 1. The SMILES string of the molecule is CN1C(=N)C[C@](C)(c2cc(-c3cncc(Br)c3)cs2)CC1=O. The van der Waals surface area contributed by atoms with E-state index in [2.05, 4.69) is 39.3 Å². The Morgan fingerprint density at radius 3 is 2.77 bits per heavy atom. The summed E-state index contributed by atoms with van der Waals surface area (Å²) in [6.45, 7) is 2.07. The number of rotatable bonds is 2. The second-order valence-electron chi connectivity index (χ2n) is 5.91. The Kier molecular flexibility index (Phi) is 3.91. The Hall–Kier alpha value is -1.53. The summed E-state index contributed by atoms with van der Waals surface area (Å²) in [5, 5.41) is 10.1. The zero-order chi connectivity index (χ0) is 15.9. The Morgan fingerprint density at radius 2 is 2.09 bits per heavy atom. The van der Waals surface area contributed by atoms with Gasteiger partial charge in [-0.1, -0.05) is 6.92 Å². The first kappa shape index (κ1) is 15.4. The summed E-state index contributed by atoms with van der Waals surface area (Å²) < 4.78 is 0.945. The number of hydrogen-bond acceptors (Lipinski definition) is 4. The van der Waals surface area contributed by atoms with Crippen molar-refractivity contribution >= 4 is 39.0 Å². The maximum absolute atomic E-state index is 12.1. The van der Waals surface area contributed by atoms with Gasteiger partial charge in [0, 0.05) is 52.6 Å². The molecule has 0 spiro atoms. The minimum atomic E-state index is -0.289. The van der Waals surface area contributed by atoms with Crippen LogP contribution in [0.3, 0.4) is 0 Å². The third-order valence-electron chi connectivity index (χ3n) is 4.11. The highest BCUT2D eigenvalue weighted by atomic mass is 79.9. The van der Waals surface area contributed by atoms with Gasteiger partial charge >= 0.3 is 0 Å². The number of nitrogens with zero attached hydrogens (tertiary/aromatic N) is 2. The molecule has 1 N–H and O–H groups in total. The van der Waals surface area contributed by atoms with Crippen LogP contribution in [0.5, 0.6) is 0 Å².